The molecule has 124 valence electrons. The fourth-order valence-corrected chi connectivity index (χ4v) is 7.10. The van der Waals surface area contributed by atoms with Crippen LogP contribution in [0.5, 0.6) is 0 Å². The van der Waals surface area contributed by atoms with E-state index in [2.05, 4.69) is 33.8 Å². The Morgan fingerprint density at radius 3 is 2.55 bits per heavy atom. The summed E-state index contributed by atoms with van der Waals surface area (Å²) in [7, 11) is 0. The Bertz CT molecular complexity index is 470. The number of fused-ring (bicyclic) bond motifs is 6. The summed E-state index contributed by atoms with van der Waals surface area (Å²) in [5.74, 6) is 4.88. The lowest BCUT2D eigenvalue weighted by atomic mass is 9.60. The van der Waals surface area contributed by atoms with Crippen molar-refractivity contribution in [3.63, 3.8) is 0 Å². The Balaban J connectivity index is 1.66. The van der Waals surface area contributed by atoms with E-state index < -0.39 is 0 Å². The summed E-state index contributed by atoms with van der Waals surface area (Å²) in [6.07, 6.45) is 16.1. The van der Waals surface area contributed by atoms with Crippen LogP contribution in [-0.2, 0) is 0 Å². The third-order valence-corrected chi connectivity index (χ3v) is 8.93. The van der Waals surface area contributed by atoms with Crippen molar-refractivity contribution >= 4 is 0 Å². The number of hydrogen-bond acceptors (Lipinski definition) is 0. The van der Waals surface area contributed by atoms with Gasteiger partial charge in [0.05, 0.1) is 0 Å². The molecule has 0 aromatic heterocycles. The summed E-state index contributed by atoms with van der Waals surface area (Å²) < 4.78 is 0. The van der Waals surface area contributed by atoms with Gasteiger partial charge in [-0.15, -0.1) is 0 Å². The minimum Gasteiger partial charge on any atom is -0.0822 e. The molecule has 22 heavy (non-hydrogen) atoms. The lowest BCUT2D eigenvalue weighted by Crippen LogP contribution is -2.37. The van der Waals surface area contributed by atoms with Crippen LogP contribution in [0.2, 0.25) is 0 Å². The first-order valence-electron chi connectivity index (χ1n) is 10.1. The maximum atomic E-state index is 2.68. The maximum absolute atomic E-state index is 2.68. The van der Waals surface area contributed by atoms with Crippen LogP contribution < -0.4 is 0 Å². The molecular weight excluding hydrogens is 264 g/mol. The van der Waals surface area contributed by atoms with Gasteiger partial charge in [0.2, 0.25) is 0 Å². The van der Waals surface area contributed by atoms with E-state index in [0.29, 0.717) is 10.8 Å². The molecule has 2 bridgehead atoms. The van der Waals surface area contributed by atoms with Crippen LogP contribution >= 0.6 is 0 Å². The summed E-state index contributed by atoms with van der Waals surface area (Å²) in [5.41, 5.74) is 3.08. The zero-order valence-electron chi connectivity index (χ0n) is 15.3. The summed E-state index contributed by atoms with van der Waals surface area (Å²) >= 11 is 0. The Hall–Kier alpha value is -0.260. The minimum absolute atomic E-state index is 0.573. The van der Waals surface area contributed by atoms with Crippen LogP contribution in [0.15, 0.2) is 11.6 Å². The summed E-state index contributed by atoms with van der Waals surface area (Å²) in [4.78, 5) is 0. The second-order valence-corrected chi connectivity index (χ2v) is 10.2. The zero-order valence-corrected chi connectivity index (χ0v) is 15.3. The largest absolute Gasteiger partial charge is 0.0822 e. The van der Waals surface area contributed by atoms with Crippen molar-refractivity contribution in [3.05, 3.63) is 11.6 Å². The SMILES string of the molecule is CC1C=C2CCC3CC(CC[C@@]4(C)C3CCC4(C)C)C2CC1. The lowest BCUT2D eigenvalue weighted by Gasteiger charge is -2.44. The van der Waals surface area contributed by atoms with Gasteiger partial charge in [0, 0.05) is 0 Å². The molecule has 4 aliphatic carbocycles. The first-order valence-corrected chi connectivity index (χ1v) is 10.1. The van der Waals surface area contributed by atoms with E-state index in [1.54, 1.807) is 6.42 Å². The van der Waals surface area contributed by atoms with Crippen molar-refractivity contribution in [2.45, 2.75) is 85.5 Å². The van der Waals surface area contributed by atoms with E-state index in [9.17, 15) is 0 Å². The standard InChI is InChI=1S/C22H36/c1-15-5-8-19-16(13-15)6-7-18-14-17(19)9-12-22(4)20(18)10-11-21(22,2)3/h13,15,17-20H,5-12,14H2,1-4H3/t15?,17?,18?,19?,20?,22-/m0/s1. The van der Waals surface area contributed by atoms with Gasteiger partial charge in [-0.2, -0.15) is 0 Å². The molecule has 0 aromatic carbocycles. The molecule has 0 heteroatoms. The lowest BCUT2D eigenvalue weighted by molar-refractivity contribution is 0.0492. The van der Waals surface area contributed by atoms with Crippen LogP contribution in [0.3, 0.4) is 0 Å². The minimum atomic E-state index is 0.573. The smallest absolute Gasteiger partial charge is 0.0174 e. The van der Waals surface area contributed by atoms with Gasteiger partial charge in [0.25, 0.3) is 0 Å². The molecule has 0 heterocycles. The Morgan fingerprint density at radius 2 is 1.73 bits per heavy atom. The molecule has 3 fully saturated rings. The molecule has 0 amide bonds. The Morgan fingerprint density at radius 1 is 0.909 bits per heavy atom. The van der Waals surface area contributed by atoms with Gasteiger partial charge in [0.1, 0.15) is 0 Å². The van der Waals surface area contributed by atoms with E-state index in [4.69, 9.17) is 0 Å². The molecule has 3 saturated carbocycles. The maximum Gasteiger partial charge on any atom is -0.0174 e. The van der Waals surface area contributed by atoms with Crippen molar-refractivity contribution in [2.75, 3.05) is 0 Å². The Kier molecular flexibility index (Phi) is 3.55. The molecule has 0 spiro atoms. The highest BCUT2D eigenvalue weighted by atomic mass is 14.6. The van der Waals surface area contributed by atoms with Gasteiger partial charge < -0.3 is 0 Å². The van der Waals surface area contributed by atoms with Crippen molar-refractivity contribution in [1.82, 2.24) is 0 Å². The average Bonchev–Trinajstić information content (AvgIpc) is 2.61. The van der Waals surface area contributed by atoms with Gasteiger partial charge in [-0.3, -0.25) is 0 Å². The summed E-state index contributed by atoms with van der Waals surface area (Å²) in [5, 5.41) is 0. The number of allylic oxidation sites excluding steroid dienone is 2. The van der Waals surface area contributed by atoms with Crippen LogP contribution in [0.25, 0.3) is 0 Å². The fraction of sp³-hybridized carbons (Fsp3) is 0.909. The molecular formula is C22H36. The Labute approximate surface area is 138 Å². The van der Waals surface area contributed by atoms with E-state index in [-0.39, 0.29) is 0 Å². The summed E-state index contributed by atoms with van der Waals surface area (Å²) in [6.45, 7) is 10.2. The first kappa shape index (κ1) is 15.3. The van der Waals surface area contributed by atoms with Gasteiger partial charge >= 0.3 is 0 Å². The third kappa shape index (κ3) is 2.15. The summed E-state index contributed by atoms with van der Waals surface area (Å²) in [6, 6.07) is 0. The van der Waals surface area contributed by atoms with Gasteiger partial charge in [-0.1, -0.05) is 39.3 Å². The topological polar surface area (TPSA) is 0 Å². The van der Waals surface area contributed by atoms with Crippen molar-refractivity contribution < 1.29 is 0 Å². The van der Waals surface area contributed by atoms with Gasteiger partial charge in [0.15, 0.2) is 0 Å². The van der Waals surface area contributed by atoms with E-state index in [1.165, 1.54) is 51.4 Å². The van der Waals surface area contributed by atoms with E-state index in [1.807, 2.05) is 5.57 Å². The molecule has 5 unspecified atom stereocenters. The second kappa shape index (κ2) is 5.12. The van der Waals surface area contributed by atoms with Crippen LogP contribution in [0.4, 0.5) is 0 Å². The predicted octanol–water partition coefficient (Wildman–Crippen LogP) is 6.61. The molecule has 0 aliphatic heterocycles. The van der Waals surface area contributed by atoms with Crippen LogP contribution in [0, 0.1) is 40.4 Å². The molecule has 0 saturated heterocycles. The molecule has 0 radical (unpaired) electrons. The first-order chi connectivity index (χ1) is 10.4. The van der Waals surface area contributed by atoms with Gasteiger partial charge in [-0.25, -0.2) is 0 Å². The highest BCUT2D eigenvalue weighted by Gasteiger charge is 2.56. The monoisotopic (exact) mass is 300 g/mol. The number of hydrogen-bond donors (Lipinski definition) is 0. The molecule has 4 aliphatic rings. The molecule has 0 nitrogen and oxygen atoms in total. The van der Waals surface area contributed by atoms with Crippen LogP contribution in [0.1, 0.15) is 85.5 Å². The average molecular weight is 301 g/mol. The van der Waals surface area contributed by atoms with Gasteiger partial charge in [-0.05, 0) is 98.2 Å². The highest BCUT2D eigenvalue weighted by Crippen LogP contribution is 2.65. The van der Waals surface area contributed by atoms with Crippen LogP contribution in [-0.4, -0.2) is 0 Å². The van der Waals surface area contributed by atoms with Crippen molar-refractivity contribution in [3.8, 4) is 0 Å². The third-order valence-electron chi connectivity index (χ3n) is 8.93. The molecule has 0 N–H and O–H groups in total. The van der Waals surface area contributed by atoms with Crippen molar-refractivity contribution in [2.24, 2.45) is 40.4 Å². The van der Waals surface area contributed by atoms with Crippen molar-refractivity contribution in [1.29, 1.82) is 0 Å². The molecule has 4 rings (SSSR count). The molecule has 6 atom stereocenters. The quantitative estimate of drug-likeness (QED) is 0.441. The predicted molar refractivity (Wildman–Crippen MR) is 94.6 cm³/mol. The normalized spacial score (nSPS) is 50.4. The van der Waals surface area contributed by atoms with E-state index in [0.717, 1.165) is 29.6 Å². The fourth-order valence-electron chi connectivity index (χ4n) is 7.10. The zero-order chi connectivity index (χ0) is 15.5. The van der Waals surface area contributed by atoms with E-state index >= 15 is 0 Å². The number of rotatable bonds is 0. The second-order valence-electron chi connectivity index (χ2n) is 10.2. The highest BCUT2D eigenvalue weighted by molar-refractivity contribution is 5.17. The molecule has 0 aromatic rings.